The maximum absolute atomic E-state index is 12.4. The largest absolute Gasteiger partial charge is 0.342 e. The second kappa shape index (κ2) is 5.33. The van der Waals surface area contributed by atoms with Crippen molar-refractivity contribution in [1.29, 1.82) is 0 Å². The van der Waals surface area contributed by atoms with Gasteiger partial charge in [0.1, 0.15) is 5.82 Å². The molecule has 1 aromatic heterocycles. The minimum atomic E-state index is -0.138. The van der Waals surface area contributed by atoms with Crippen molar-refractivity contribution in [1.82, 2.24) is 9.97 Å². The number of nitrogens with one attached hydrogen (secondary N) is 2. The highest BCUT2D eigenvalue weighted by Gasteiger charge is 2.11. The molecule has 1 heterocycles. The van der Waals surface area contributed by atoms with Crippen LogP contribution < -0.4 is 5.32 Å². The molecule has 3 aromatic rings. The molecule has 0 saturated heterocycles. The number of hydrogen-bond donors (Lipinski definition) is 2. The Morgan fingerprint density at radius 2 is 2.00 bits per heavy atom. The zero-order chi connectivity index (χ0) is 15.0. The topological polar surface area (TPSA) is 57.8 Å². The van der Waals surface area contributed by atoms with Crippen LogP contribution in [0.1, 0.15) is 21.7 Å². The molecule has 0 spiro atoms. The SMILES string of the molecule is Cc1ccc(Br)c(C(=O)Nc2ccc3nc(C)[nH]c3c2)c1. The van der Waals surface area contributed by atoms with Gasteiger partial charge in [-0.15, -0.1) is 0 Å². The Kier molecular flexibility index (Phi) is 3.51. The molecule has 1 amide bonds. The molecule has 0 fully saturated rings. The van der Waals surface area contributed by atoms with Gasteiger partial charge < -0.3 is 10.3 Å². The number of aromatic amines is 1. The lowest BCUT2D eigenvalue weighted by Gasteiger charge is -2.08. The molecule has 5 heteroatoms. The Morgan fingerprint density at radius 1 is 1.19 bits per heavy atom. The fourth-order valence-electron chi connectivity index (χ4n) is 2.23. The fourth-order valence-corrected chi connectivity index (χ4v) is 2.65. The van der Waals surface area contributed by atoms with Gasteiger partial charge in [0.15, 0.2) is 0 Å². The van der Waals surface area contributed by atoms with E-state index in [2.05, 4.69) is 31.2 Å². The third-order valence-electron chi connectivity index (χ3n) is 3.22. The molecular formula is C16H14BrN3O. The summed E-state index contributed by atoms with van der Waals surface area (Å²) in [4.78, 5) is 19.9. The molecule has 106 valence electrons. The molecule has 0 unspecified atom stereocenters. The molecule has 0 bridgehead atoms. The molecule has 0 aliphatic rings. The van der Waals surface area contributed by atoms with Crippen molar-refractivity contribution >= 4 is 38.6 Å². The van der Waals surface area contributed by atoms with E-state index in [9.17, 15) is 4.79 Å². The number of nitrogens with zero attached hydrogens (tertiary/aromatic N) is 1. The van der Waals surface area contributed by atoms with Gasteiger partial charge in [-0.1, -0.05) is 11.6 Å². The Balaban J connectivity index is 1.90. The fraction of sp³-hybridized carbons (Fsp3) is 0.125. The molecule has 2 aromatic carbocycles. The number of hydrogen-bond acceptors (Lipinski definition) is 2. The summed E-state index contributed by atoms with van der Waals surface area (Å²) in [5.41, 5.74) is 4.21. The Bertz CT molecular complexity index is 839. The van der Waals surface area contributed by atoms with E-state index in [-0.39, 0.29) is 5.91 Å². The lowest BCUT2D eigenvalue weighted by atomic mass is 10.1. The second-order valence-electron chi connectivity index (χ2n) is 4.99. The van der Waals surface area contributed by atoms with Gasteiger partial charge in [0.2, 0.25) is 0 Å². The van der Waals surface area contributed by atoms with E-state index >= 15 is 0 Å². The van der Waals surface area contributed by atoms with Gasteiger partial charge in [0.25, 0.3) is 5.91 Å². The number of H-pyrrole nitrogens is 1. The number of carbonyl (C=O) groups excluding carboxylic acids is 1. The molecule has 0 radical (unpaired) electrons. The predicted octanol–water partition coefficient (Wildman–Crippen LogP) is 4.19. The lowest BCUT2D eigenvalue weighted by Crippen LogP contribution is -2.12. The Hall–Kier alpha value is -2.14. The van der Waals surface area contributed by atoms with E-state index in [1.54, 1.807) is 0 Å². The van der Waals surface area contributed by atoms with Gasteiger partial charge in [-0.25, -0.2) is 4.98 Å². The first-order chi connectivity index (χ1) is 10.0. The van der Waals surface area contributed by atoms with Crippen molar-refractivity contribution in [2.75, 3.05) is 5.32 Å². The molecule has 4 nitrogen and oxygen atoms in total. The Morgan fingerprint density at radius 3 is 2.81 bits per heavy atom. The van der Waals surface area contributed by atoms with Crippen LogP contribution in [-0.4, -0.2) is 15.9 Å². The zero-order valence-electron chi connectivity index (χ0n) is 11.7. The van der Waals surface area contributed by atoms with Crippen molar-refractivity contribution < 1.29 is 4.79 Å². The number of amides is 1. The van der Waals surface area contributed by atoms with Crippen LogP contribution in [0.3, 0.4) is 0 Å². The normalized spacial score (nSPS) is 10.8. The number of imidazole rings is 1. The first-order valence-corrected chi connectivity index (χ1v) is 7.36. The van der Waals surface area contributed by atoms with E-state index in [1.165, 1.54) is 0 Å². The molecule has 3 rings (SSSR count). The van der Waals surface area contributed by atoms with E-state index in [0.29, 0.717) is 5.56 Å². The van der Waals surface area contributed by atoms with E-state index in [1.807, 2.05) is 50.2 Å². The summed E-state index contributed by atoms with van der Waals surface area (Å²) in [7, 11) is 0. The number of anilines is 1. The van der Waals surface area contributed by atoms with Gasteiger partial charge in [-0.3, -0.25) is 4.79 Å². The van der Waals surface area contributed by atoms with Crippen molar-refractivity contribution in [3.8, 4) is 0 Å². The van der Waals surface area contributed by atoms with Crippen LogP contribution >= 0.6 is 15.9 Å². The summed E-state index contributed by atoms with van der Waals surface area (Å²) < 4.78 is 0.782. The summed E-state index contributed by atoms with van der Waals surface area (Å²) in [6, 6.07) is 11.3. The van der Waals surface area contributed by atoms with Crippen molar-refractivity contribution in [3.63, 3.8) is 0 Å². The monoisotopic (exact) mass is 343 g/mol. The molecule has 21 heavy (non-hydrogen) atoms. The third-order valence-corrected chi connectivity index (χ3v) is 3.92. The van der Waals surface area contributed by atoms with Crippen LogP contribution in [0.5, 0.6) is 0 Å². The van der Waals surface area contributed by atoms with Crippen LogP contribution in [0.2, 0.25) is 0 Å². The van der Waals surface area contributed by atoms with Gasteiger partial charge in [-0.2, -0.15) is 0 Å². The minimum absolute atomic E-state index is 0.138. The molecule has 0 saturated carbocycles. The highest BCUT2D eigenvalue weighted by molar-refractivity contribution is 9.10. The van der Waals surface area contributed by atoms with Crippen LogP contribution in [0, 0.1) is 13.8 Å². The Labute approximate surface area is 130 Å². The number of aromatic nitrogens is 2. The molecule has 0 aliphatic heterocycles. The van der Waals surface area contributed by atoms with Gasteiger partial charge >= 0.3 is 0 Å². The molecule has 2 N–H and O–H groups in total. The second-order valence-corrected chi connectivity index (χ2v) is 5.85. The summed E-state index contributed by atoms with van der Waals surface area (Å²) in [6.45, 7) is 3.87. The number of benzene rings is 2. The summed E-state index contributed by atoms with van der Waals surface area (Å²) in [5, 5.41) is 2.91. The maximum Gasteiger partial charge on any atom is 0.256 e. The standard InChI is InChI=1S/C16H14BrN3O/c1-9-3-5-13(17)12(7-9)16(21)20-11-4-6-14-15(8-11)19-10(2)18-14/h3-8H,1-2H3,(H,18,19)(H,20,21). The van der Waals surface area contributed by atoms with Gasteiger partial charge in [0, 0.05) is 10.2 Å². The smallest absolute Gasteiger partial charge is 0.256 e. The van der Waals surface area contributed by atoms with Crippen molar-refractivity contribution in [2.24, 2.45) is 0 Å². The van der Waals surface area contributed by atoms with Crippen LogP contribution in [0.15, 0.2) is 40.9 Å². The number of carbonyl (C=O) groups is 1. The van der Waals surface area contributed by atoms with Crippen LogP contribution in [0.4, 0.5) is 5.69 Å². The maximum atomic E-state index is 12.4. The number of fused-ring (bicyclic) bond motifs is 1. The lowest BCUT2D eigenvalue weighted by molar-refractivity contribution is 0.102. The van der Waals surface area contributed by atoms with E-state index in [0.717, 1.165) is 32.6 Å². The van der Waals surface area contributed by atoms with E-state index < -0.39 is 0 Å². The zero-order valence-corrected chi connectivity index (χ0v) is 13.3. The van der Waals surface area contributed by atoms with Crippen molar-refractivity contribution in [2.45, 2.75) is 13.8 Å². The van der Waals surface area contributed by atoms with Crippen molar-refractivity contribution in [3.05, 3.63) is 57.8 Å². The molecule has 0 aliphatic carbocycles. The first kappa shape index (κ1) is 13.8. The van der Waals surface area contributed by atoms with E-state index in [4.69, 9.17) is 0 Å². The molecule has 0 atom stereocenters. The number of halogens is 1. The van der Waals surface area contributed by atoms with Gasteiger partial charge in [-0.05, 0) is 60.1 Å². The van der Waals surface area contributed by atoms with Crippen LogP contribution in [-0.2, 0) is 0 Å². The summed E-state index contributed by atoms with van der Waals surface area (Å²) in [6.07, 6.45) is 0. The number of rotatable bonds is 2. The predicted molar refractivity (Wildman–Crippen MR) is 87.7 cm³/mol. The average molecular weight is 344 g/mol. The highest BCUT2D eigenvalue weighted by Crippen LogP contribution is 2.21. The highest BCUT2D eigenvalue weighted by atomic mass is 79.9. The first-order valence-electron chi connectivity index (χ1n) is 6.57. The quantitative estimate of drug-likeness (QED) is 0.732. The summed E-state index contributed by atoms with van der Waals surface area (Å²) in [5.74, 6) is 0.719. The van der Waals surface area contributed by atoms with Gasteiger partial charge in [0.05, 0.1) is 16.6 Å². The average Bonchev–Trinajstić information content (AvgIpc) is 2.80. The molecular weight excluding hydrogens is 330 g/mol. The minimum Gasteiger partial charge on any atom is -0.342 e. The van der Waals surface area contributed by atoms with Crippen LogP contribution in [0.25, 0.3) is 11.0 Å². The summed E-state index contributed by atoms with van der Waals surface area (Å²) >= 11 is 3.41. The number of aryl methyl sites for hydroxylation is 2. The third kappa shape index (κ3) is 2.83.